The van der Waals surface area contributed by atoms with Crippen LogP contribution in [-0.2, 0) is 13.0 Å². The van der Waals surface area contributed by atoms with E-state index in [0.29, 0.717) is 5.92 Å². The van der Waals surface area contributed by atoms with Crippen LogP contribution in [0.4, 0.5) is 0 Å². The van der Waals surface area contributed by atoms with Gasteiger partial charge in [-0.1, -0.05) is 38.1 Å². The number of unbranched alkanes of at least 4 members (excludes halogenated alkanes) is 1. The lowest BCUT2D eigenvalue weighted by atomic mass is 9.94. The predicted octanol–water partition coefficient (Wildman–Crippen LogP) is 3.97. The topological polar surface area (TPSA) is 15.3 Å². The minimum atomic E-state index is 0.646. The third-order valence-corrected chi connectivity index (χ3v) is 3.94. The number of hydrogen-bond acceptors (Lipinski definition) is 2. The van der Waals surface area contributed by atoms with Crippen LogP contribution in [0.2, 0.25) is 0 Å². The Hall–Kier alpha value is -1.12. The van der Waals surface area contributed by atoms with Crippen molar-refractivity contribution in [3.05, 3.63) is 47.5 Å². The van der Waals surface area contributed by atoms with E-state index >= 15 is 0 Å². The highest BCUT2D eigenvalue weighted by atomic mass is 15.1. The second-order valence-electron chi connectivity index (χ2n) is 6.21. The van der Waals surface area contributed by atoms with Crippen molar-refractivity contribution in [3.8, 4) is 0 Å². The fourth-order valence-electron chi connectivity index (χ4n) is 2.50. The quantitative estimate of drug-likeness (QED) is 0.651. The van der Waals surface area contributed by atoms with E-state index in [1.165, 1.54) is 30.5 Å². The smallest absolute Gasteiger partial charge is 0.0233 e. The van der Waals surface area contributed by atoms with Gasteiger partial charge in [-0.3, -0.25) is 0 Å². The average molecular weight is 288 g/mol. The molecule has 1 N–H and O–H groups in total. The summed E-state index contributed by atoms with van der Waals surface area (Å²) in [5, 5.41) is 3.05. The van der Waals surface area contributed by atoms with E-state index in [-0.39, 0.29) is 0 Å². The van der Waals surface area contributed by atoms with Gasteiger partial charge < -0.3 is 10.2 Å². The third-order valence-electron chi connectivity index (χ3n) is 3.94. The van der Waals surface area contributed by atoms with Crippen LogP contribution >= 0.6 is 0 Å². The molecule has 0 fully saturated rings. The van der Waals surface area contributed by atoms with E-state index in [1.54, 1.807) is 5.56 Å². The normalized spacial score (nSPS) is 14.3. The molecule has 1 aliphatic heterocycles. The zero-order valence-corrected chi connectivity index (χ0v) is 14.3. The van der Waals surface area contributed by atoms with Crippen LogP contribution in [-0.4, -0.2) is 32.1 Å². The van der Waals surface area contributed by atoms with E-state index in [9.17, 15) is 0 Å². The lowest BCUT2D eigenvalue weighted by molar-refractivity contribution is 0.312. The van der Waals surface area contributed by atoms with E-state index in [1.807, 2.05) is 13.1 Å². The minimum absolute atomic E-state index is 0.646. The van der Waals surface area contributed by atoms with Crippen molar-refractivity contribution in [1.29, 1.82) is 0 Å². The first kappa shape index (κ1) is 17.9. The number of nitrogens with one attached hydrogen (secondary N) is 1. The first-order valence-corrected chi connectivity index (χ1v) is 8.14. The molecule has 0 atom stereocenters. The zero-order valence-electron chi connectivity index (χ0n) is 14.3. The van der Waals surface area contributed by atoms with Crippen molar-refractivity contribution in [2.45, 2.75) is 45.6 Å². The Morgan fingerprint density at radius 2 is 2.10 bits per heavy atom. The molecule has 1 aromatic rings. The predicted molar refractivity (Wildman–Crippen MR) is 93.9 cm³/mol. The number of benzene rings is 1. The van der Waals surface area contributed by atoms with Crippen LogP contribution in [0.5, 0.6) is 0 Å². The molecule has 118 valence electrons. The van der Waals surface area contributed by atoms with Crippen LogP contribution in [0.1, 0.15) is 49.3 Å². The molecule has 0 radical (unpaired) electrons. The third kappa shape index (κ3) is 6.45. The summed E-state index contributed by atoms with van der Waals surface area (Å²) < 4.78 is 0. The monoisotopic (exact) mass is 288 g/mol. The Morgan fingerprint density at radius 1 is 1.33 bits per heavy atom. The van der Waals surface area contributed by atoms with Crippen LogP contribution in [0.3, 0.4) is 0 Å². The molecule has 0 aliphatic carbocycles. The first-order chi connectivity index (χ1) is 10.1. The number of allylic oxidation sites excluding steroid dienone is 1. The van der Waals surface area contributed by atoms with E-state index in [4.69, 9.17) is 0 Å². The van der Waals surface area contributed by atoms with Crippen molar-refractivity contribution < 1.29 is 0 Å². The maximum atomic E-state index is 3.60. The molecule has 0 unspecified atom stereocenters. The summed E-state index contributed by atoms with van der Waals surface area (Å²) >= 11 is 0. The average Bonchev–Trinajstić information content (AvgIpc) is 2.47. The van der Waals surface area contributed by atoms with E-state index < -0.39 is 0 Å². The van der Waals surface area contributed by atoms with Gasteiger partial charge in [0.25, 0.3) is 0 Å². The molecule has 0 saturated carbocycles. The molecule has 0 amide bonds. The van der Waals surface area contributed by atoms with Gasteiger partial charge in [0, 0.05) is 13.1 Å². The van der Waals surface area contributed by atoms with Crippen LogP contribution < -0.4 is 5.32 Å². The molecule has 1 aliphatic rings. The summed E-state index contributed by atoms with van der Waals surface area (Å²) in [6.45, 7) is 11.5. The number of hydrogen-bond donors (Lipinski definition) is 1. The maximum Gasteiger partial charge on any atom is 0.0233 e. The summed E-state index contributed by atoms with van der Waals surface area (Å²) in [4.78, 5) is 2.40. The molecular formula is C19H32N2. The minimum Gasteiger partial charge on any atom is -0.320 e. The van der Waals surface area contributed by atoms with Gasteiger partial charge in [-0.25, -0.2) is 0 Å². The summed E-state index contributed by atoms with van der Waals surface area (Å²) in [6.07, 6.45) is 5.49. The first-order valence-electron chi connectivity index (χ1n) is 8.14. The van der Waals surface area contributed by atoms with E-state index in [2.05, 4.69) is 55.9 Å². The summed E-state index contributed by atoms with van der Waals surface area (Å²) in [5.41, 5.74) is 4.55. The second kappa shape index (κ2) is 9.75. The van der Waals surface area contributed by atoms with Gasteiger partial charge in [0.15, 0.2) is 0 Å². The van der Waals surface area contributed by atoms with Crippen molar-refractivity contribution in [1.82, 2.24) is 10.2 Å². The number of likely N-dealkylation sites (N-methyl/N-ethyl adjacent to an activating group) is 1. The Labute approximate surface area is 131 Å². The van der Waals surface area contributed by atoms with Gasteiger partial charge in [-0.2, -0.15) is 0 Å². The maximum absolute atomic E-state index is 3.60. The van der Waals surface area contributed by atoms with Crippen molar-refractivity contribution in [2.75, 3.05) is 27.2 Å². The van der Waals surface area contributed by atoms with Crippen LogP contribution in [0, 0.1) is 0 Å². The molecule has 2 heteroatoms. The standard InChI is InChI=1S/C13H19N.C6H13N/c1-10(2)12-5-4-11-6-7-14(3)9-13(11)8-12;1-3-4-5-6-7-2/h4-5,8,10H,6-7,9H2,1-3H3;3,7H,1,4-6H2,2H3. The summed E-state index contributed by atoms with van der Waals surface area (Å²) in [6, 6.07) is 6.99. The van der Waals surface area contributed by atoms with E-state index in [0.717, 1.165) is 19.5 Å². The number of nitrogens with zero attached hydrogens (tertiary/aromatic N) is 1. The number of rotatable bonds is 5. The lowest BCUT2D eigenvalue weighted by Crippen LogP contribution is -2.26. The van der Waals surface area contributed by atoms with Crippen molar-refractivity contribution >= 4 is 0 Å². The SMILES string of the molecule is C=CCCCNC.CC(C)c1ccc2c(c1)CN(C)CC2. The largest absolute Gasteiger partial charge is 0.320 e. The Bertz CT molecular complexity index is 424. The van der Waals surface area contributed by atoms with Gasteiger partial charge in [-0.15, -0.1) is 6.58 Å². The van der Waals surface area contributed by atoms with Crippen molar-refractivity contribution in [2.24, 2.45) is 0 Å². The molecule has 0 spiro atoms. The molecule has 21 heavy (non-hydrogen) atoms. The van der Waals surface area contributed by atoms with Crippen LogP contribution in [0.25, 0.3) is 0 Å². The Morgan fingerprint density at radius 3 is 2.71 bits per heavy atom. The fraction of sp³-hybridized carbons (Fsp3) is 0.579. The van der Waals surface area contributed by atoms with Crippen molar-refractivity contribution in [3.63, 3.8) is 0 Å². The Kier molecular flexibility index (Phi) is 8.33. The highest BCUT2D eigenvalue weighted by Crippen LogP contribution is 2.23. The fourth-order valence-corrected chi connectivity index (χ4v) is 2.50. The molecule has 1 heterocycles. The lowest BCUT2D eigenvalue weighted by Gasteiger charge is -2.25. The molecule has 2 rings (SSSR count). The molecule has 0 bridgehead atoms. The Balaban J connectivity index is 0.000000270. The highest BCUT2D eigenvalue weighted by molar-refractivity contribution is 5.34. The van der Waals surface area contributed by atoms with Crippen LogP contribution in [0.15, 0.2) is 30.9 Å². The molecule has 0 saturated heterocycles. The highest BCUT2D eigenvalue weighted by Gasteiger charge is 2.13. The van der Waals surface area contributed by atoms with Gasteiger partial charge >= 0.3 is 0 Å². The molecular weight excluding hydrogens is 256 g/mol. The molecule has 1 aromatic carbocycles. The molecule has 2 nitrogen and oxygen atoms in total. The zero-order chi connectivity index (χ0) is 15.7. The summed E-state index contributed by atoms with van der Waals surface area (Å²) in [5.74, 6) is 0.646. The van der Waals surface area contributed by atoms with Gasteiger partial charge in [0.1, 0.15) is 0 Å². The number of fused-ring (bicyclic) bond motifs is 1. The second-order valence-corrected chi connectivity index (χ2v) is 6.21. The molecule has 0 aromatic heterocycles. The van der Waals surface area contributed by atoms with Gasteiger partial charge in [-0.05, 0) is 62.5 Å². The van der Waals surface area contributed by atoms with Gasteiger partial charge in [0.2, 0.25) is 0 Å². The van der Waals surface area contributed by atoms with Gasteiger partial charge in [0.05, 0.1) is 0 Å². The summed E-state index contributed by atoms with van der Waals surface area (Å²) in [7, 11) is 4.16.